The summed E-state index contributed by atoms with van der Waals surface area (Å²) in [5, 5.41) is 2.99. The summed E-state index contributed by atoms with van der Waals surface area (Å²) in [6, 6.07) is 0. The van der Waals surface area contributed by atoms with E-state index in [1.165, 1.54) is 0 Å². The van der Waals surface area contributed by atoms with Crippen molar-refractivity contribution in [3.63, 3.8) is 0 Å². The van der Waals surface area contributed by atoms with Gasteiger partial charge in [0.1, 0.15) is 0 Å². The van der Waals surface area contributed by atoms with Crippen LogP contribution in [0.4, 0.5) is 0 Å². The lowest BCUT2D eigenvalue weighted by Gasteiger charge is -2.27. The molecule has 0 aliphatic carbocycles. The molecule has 0 fully saturated rings. The third-order valence-corrected chi connectivity index (χ3v) is 2.66. The third kappa shape index (κ3) is 6.77. The van der Waals surface area contributed by atoms with E-state index in [1.54, 1.807) is 0 Å². The average molecular weight is 234 g/mol. The Bertz CT molecular complexity index is 206. The summed E-state index contributed by atoms with van der Waals surface area (Å²) >= 11 is 5.66. The van der Waals surface area contributed by atoms with Gasteiger partial charge in [-0.25, -0.2) is 0 Å². The molecule has 0 saturated carbocycles. The Hall–Kier alpha value is -0.240. The maximum Gasteiger partial charge on any atom is 0.225 e. The number of hydrogen-bond acceptors (Lipinski definition) is 1. The van der Waals surface area contributed by atoms with Gasteiger partial charge in [-0.2, -0.15) is 0 Å². The second-order valence-corrected chi connectivity index (χ2v) is 6.27. The van der Waals surface area contributed by atoms with Crippen molar-refractivity contribution in [2.75, 3.05) is 12.4 Å². The van der Waals surface area contributed by atoms with Crippen molar-refractivity contribution in [2.24, 2.45) is 10.8 Å². The molecule has 0 aromatic rings. The summed E-state index contributed by atoms with van der Waals surface area (Å²) in [5.74, 6) is 0.804. The van der Waals surface area contributed by atoms with Gasteiger partial charge in [0.05, 0.1) is 0 Å². The summed E-state index contributed by atoms with van der Waals surface area (Å²) < 4.78 is 0. The minimum atomic E-state index is -0.303. The van der Waals surface area contributed by atoms with Gasteiger partial charge in [-0.1, -0.05) is 34.6 Å². The highest BCUT2D eigenvalue weighted by Gasteiger charge is 2.24. The van der Waals surface area contributed by atoms with Crippen molar-refractivity contribution in [2.45, 2.75) is 47.5 Å². The molecule has 1 amide bonds. The Labute approximate surface area is 98.8 Å². The van der Waals surface area contributed by atoms with E-state index < -0.39 is 0 Å². The average Bonchev–Trinajstić information content (AvgIpc) is 2.09. The Morgan fingerprint density at radius 3 is 2.13 bits per heavy atom. The SMILES string of the molecule is CC(C)(CCCCl)CNC(=O)C(C)(C)C. The molecule has 2 nitrogen and oxygen atoms in total. The Kier molecular flexibility index (Phi) is 5.65. The van der Waals surface area contributed by atoms with Crippen molar-refractivity contribution in [1.82, 2.24) is 5.32 Å². The van der Waals surface area contributed by atoms with Gasteiger partial charge in [-0.05, 0) is 18.3 Å². The van der Waals surface area contributed by atoms with Gasteiger partial charge < -0.3 is 5.32 Å². The van der Waals surface area contributed by atoms with Crippen LogP contribution in [0, 0.1) is 10.8 Å². The van der Waals surface area contributed by atoms with Crippen molar-refractivity contribution < 1.29 is 4.79 Å². The Morgan fingerprint density at radius 1 is 1.20 bits per heavy atom. The van der Waals surface area contributed by atoms with Crippen LogP contribution in [0.5, 0.6) is 0 Å². The van der Waals surface area contributed by atoms with Gasteiger partial charge in [0.15, 0.2) is 0 Å². The second-order valence-electron chi connectivity index (χ2n) is 5.89. The van der Waals surface area contributed by atoms with Crippen LogP contribution in [-0.4, -0.2) is 18.3 Å². The van der Waals surface area contributed by atoms with Crippen molar-refractivity contribution >= 4 is 17.5 Å². The first-order valence-electron chi connectivity index (χ1n) is 5.53. The van der Waals surface area contributed by atoms with E-state index >= 15 is 0 Å². The van der Waals surface area contributed by atoms with Crippen molar-refractivity contribution in [3.05, 3.63) is 0 Å². The maximum absolute atomic E-state index is 11.6. The number of carbonyl (C=O) groups excluding carboxylic acids is 1. The van der Waals surface area contributed by atoms with Crippen LogP contribution in [0.25, 0.3) is 0 Å². The van der Waals surface area contributed by atoms with Gasteiger partial charge in [0, 0.05) is 17.8 Å². The predicted octanol–water partition coefficient (Wildman–Crippen LogP) is 3.19. The highest BCUT2D eigenvalue weighted by atomic mass is 35.5. The number of amides is 1. The molecule has 15 heavy (non-hydrogen) atoms. The monoisotopic (exact) mass is 233 g/mol. The number of hydrogen-bond donors (Lipinski definition) is 1. The molecule has 0 bridgehead atoms. The van der Waals surface area contributed by atoms with Crippen LogP contribution in [0.3, 0.4) is 0 Å². The lowest BCUT2D eigenvalue weighted by Crippen LogP contribution is -2.40. The van der Waals surface area contributed by atoms with Crippen LogP contribution in [0.15, 0.2) is 0 Å². The molecule has 0 rings (SSSR count). The molecule has 0 aromatic heterocycles. The first-order valence-corrected chi connectivity index (χ1v) is 6.07. The first-order chi connectivity index (χ1) is 6.69. The smallest absolute Gasteiger partial charge is 0.225 e. The molecule has 0 aliphatic rings. The fraction of sp³-hybridized carbons (Fsp3) is 0.917. The van der Waals surface area contributed by atoms with E-state index in [1.807, 2.05) is 20.8 Å². The zero-order valence-electron chi connectivity index (χ0n) is 10.6. The number of alkyl halides is 1. The Balaban J connectivity index is 3.98. The van der Waals surface area contributed by atoms with Crippen LogP contribution in [0.1, 0.15) is 47.5 Å². The zero-order valence-corrected chi connectivity index (χ0v) is 11.4. The standard InChI is InChI=1S/C12H24ClNO/c1-11(2,3)10(15)14-9-12(4,5)7-6-8-13/h6-9H2,1-5H3,(H,14,15). The molecule has 0 spiro atoms. The van der Waals surface area contributed by atoms with Crippen LogP contribution in [0.2, 0.25) is 0 Å². The van der Waals surface area contributed by atoms with E-state index in [0.29, 0.717) is 5.88 Å². The van der Waals surface area contributed by atoms with E-state index in [4.69, 9.17) is 11.6 Å². The lowest BCUT2D eigenvalue weighted by atomic mass is 9.87. The van der Waals surface area contributed by atoms with Crippen LogP contribution < -0.4 is 5.32 Å². The number of carbonyl (C=O) groups is 1. The zero-order chi connectivity index (χ0) is 12.1. The molecular formula is C12H24ClNO. The van der Waals surface area contributed by atoms with Gasteiger partial charge in [0.25, 0.3) is 0 Å². The number of nitrogens with one attached hydrogen (secondary N) is 1. The third-order valence-electron chi connectivity index (χ3n) is 2.40. The molecule has 1 N–H and O–H groups in total. The van der Waals surface area contributed by atoms with E-state index in [2.05, 4.69) is 19.2 Å². The van der Waals surface area contributed by atoms with Crippen LogP contribution in [-0.2, 0) is 4.79 Å². The molecule has 90 valence electrons. The molecule has 0 saturated heterocycles. The van der Waals surface area contributed by atoms with E-state index in [9.17, 15) is 4.79 Å². The van der Waals surface area contributed by atoms with Crippen LogP contribution >= 0.6 is 11.6 Å². The summed E-state index contributed by atoms with van der Waals surface area (Å²) in [6.45, 7) is 10.8. The van der Waals surface area contributed by atoms with Crippen molar-refractivity contribution in [3.8, 4) is 0 Å². The molecule has 0 unspecified atom stereocenters. The minimum Gasteiger partial charge on any atom is -0.355 e. The van der Waals surface area contributed by atoms with Gasteiger partial charge in [-0.3, -0.25) is 4.79 Å². The van der Waals surface area contributed by atoms with Gasteiger partial charge >= 0.3 is 0 Å². The highest BCUT2D eigenvalue weighted by Crippen LogP contribution is 2.22. The lowest BCUT2D eigenvalue weighted by molar-refractivity contribution is -0.128. The molecule has 0 radical (unpaired) electrons. The van der Waals surface area contributed by atoms with Gasteiger partial charge in [-0.15, -0.1) is 11.6 Å². The summed E-state index contributed by atoms with van der Waals surface area (Å²) in [5.41, 5.74) is -0.168. The van der Waals surface area contributed by atoms with Gasteiger partial charge in [0.2, 0.25) is 5.91 Å². The topological polar surface area (TPSA) is 29.1 Å². The van der Waals surface area contributed by atoms with E-state index in [0.717, 1.165) is 19.4 Å². The predicted molar refractivity (Wildman–Crippen MR) is 66.2 cm³/mol. The minimum absolute atomic E-state index is 0.112. The summed E-state index contributed by atoms with van der Waals surface area (Å²) in [4.78, 5) is 11.6. The summed E-state index contributed by atoms with van der Waals surface area (Å²) in [7, 11) is 0. The molecular weight excluding hydrogens is 210 g/mol. The largest absolute Gasteiger partial charge is 0.355 e. The molecule has 0 aromatic carbocycles. The number of halogens is 1. The van der Waals surface area contributed by atoms with Crippen molar-refractivity contribution in [1.29, 1.82) is 0 Å². The summed E-state index contributed by atoms with van der Waals surface area (Å²) in [6.07, 6.45) is 2.04. The first kappa shape index (κ1) is 14.8. The number of rotatable bonds is 5. The normalized spacial score (nSPS) is 12.7. The fourth-order valence-electron chi connectivity index (χ4n) is 1.22. The molecule has 0 atom stereocenters. The second kappa shape index (κ2) is 5.74. The quantitative estimate of drug-likeness (QED) is 0.726. The molecule has 0 heterocycles. The van der Waals surface area contributed by atoms with E-state index in [-0.39, 0.29) is 16.7 Å². The molecule has 0 aliphatic heterocycles. The maximum atomic E-state index is 11.6. The fourth-order valence-corrected chi connectivity index (χ4v) is 1.35. The highest BCUT2D eigenvalue weighted by molar-refractivity contribution is 6.17. The molecule has 3 heteroatoms. The Morgan fingerprint density at radius 2 is 1.73 bits per heavy atom.